The maximum atomic E-state index is 12.2. The zero-order valence-corrected chi connectivity index (χ0v) is 16.8. The summed E-state index contributed by atoms with van der Waals surface area (Å²) in [5.74, 6) is 2.71. The molecule has 1 aromatic heterocycles. The Balaban J connectivity index is 1.28. The van der Waals surface area contributed by atoms with Gasteiger partial charge in [0.15, 0.2) is 6.61 Å². The van der Waals surface area contributed by atoms with Gasteiger partial charge in [-0.05, 0) is 55.4 Å². The number of carbonyl (C=O) groups excluding carboxylic acids is 1. The molecule has 0 unspecified atom stereocenters. The fourth-order valence-electron chi connectivity index (χ4n) is 3.99. The van der Waals surface area contributed by atoms with Crippen molar-refractivity contribution in [2.75, 3.05) is 13.2 Å². The number of halogens is 1. The van der Waals surface area contributed by atoms with Gasteiger partial charge < -0.3 is 14.6 Å². The molecule has 2 fully saturated rings. The molecular formula is C21H27ClN4O2. The molecule has 2 aliphatic carbocycles. The molecule has 0 bridgehead atoms. The third-order valence-electron chi connectivity index (χ3n) is 5.64. The van der Waals surface area contributed by atoms with E-state index in [-0.39, 0.29) is 12.5 Å². The van der Waals surface area contributed by atoms with E-state index < -0.39 is 0 Å². The molecule has 0 radical (unpaired) electrons. The van der Waals surface area contributed by atoms with Gasteiger partial charge in [-0.3, -0.25) is 4.79 Å². The average molecular weight is 403 g/mol. The first-order valence-electron chi connectivity index (χ1n) is 10.3. The Morgan fingerprint density at radius 1 is 1.18 bits per heavy atom. The third kappa shape index (κ3) is 4.85. The van der Waals surface area contributed by atoms with Crippen molar-refractivity contribution in [3.63, 3.8) is 0 Å². The largest absolute Gasteiger partial charge is 0.483 e. The molecule has 0 atom stereocenters. The number of rotatable bonds is 8. The molecule has 2 saturated carbocycles. The van der Waals surface area contributed by atoms with E-state index in [4.69, 9.17) is 16.3 Å². The lowest BCUT2D eigenvalue weighted by Gasteiger charge is -2.24. The lowest BCUT2D eigenvalue weighted by atomic mass is 9.84. The zero-order valence-electron chi connectivity index (χ0n) is 16.1. The number of carbonyl (C=O) groups is 1. The van der Waals surface area contributed by atoms with Gasteiger partial charge >= 0.3 is 0 Å². The van der Waals surface area contributed by atoms with Crippen LogP contribution < -0.4 is 10.1 Å². The second kappa shape index (κ2) is 8.95. The lowest BCUT2D eigenvalue weighted by molar-refractivity contribution is -0.123. The lowest BCUT2D eigenvalue weighted by Crippen LogP contribution is -2.32. The number of ether oxygens (including phenoxy) is 1. The molecule has 1 amide bonds. The molecular weight excluding hydrogens is 376 g/mol. The summed E-state index contributed by atoms with van der Waals surface area (Å²) in [5.41, 5.74) is 1.14. The van der Waals surface area contributed by atoms with Gasteiger partial charge in [0, 0.05) is 24.0 Å². The molecule has 2 aromatic rings. The molecule has 0 aliphatic heterocycles. The summed E-state index contributed by atoms with van der Waals surface area (Å²) in [6.07, 6.45) is 10.2. The number of aromatic nitrogens is 3. The summed E-state index contributed by atoms with van der Waals surface area (Å²) in [4.78, 5) is 12.2. The molecule has 4 rings (SSSR count). The van der Waals surface area contributed by atoms with Crippen molar-refractivity contribution in [2.45, 2.75) is 63.3 Å². The van der Waals surface area contributed by atoms with E-state index in [1.807, 2.05) is 22.8 Å². The van der Waals surface area contributed by atoms with Crippen LogP contribution in [0, 0.1) is 0 Å². The van der Waals surface area contributed by atoms with Crippen LogP contribution in [0.25, 0.3) is 0 Å². The van der Waals surface area contributed by atoms with Crippen molar-refractivity contribution in [1.82, 2.24) is 20.1 Å². The number of nitrogens with zero attached hydrogens (tertiary/aromatic N) is 3. The standard InChI is InChI=1S/C21H27ClN4O2/c22-17-8-9-19(18(12-17)15-4-2-1-3-5-15)28-13-20(27)23-10-11-26-14-24-25-21(26)16-6-7-16/h8-9,12,14-16H,1-7,10-11,13H2,(H,23,27). The van der Waals surface area contributed by atoms with Crippen molar-refractivity contribution in [1.29, 1.82) is 0 Å². The highest BCUT2D eigenvalue weighted by molar-refractivity contribution is 6.30. The van der Waals surface area contributed by atoms with Crippen LogP contribution in [0.5, 0.6) is 5.75 Å². The summed E-state index contributed by atoms with van der Waals surface area (Å²) in [6.45, 7) is 1.23. The molecule has 0 saturated heterocycles. The van der Waals surface area contributed by atoms with Crippen molar-refractivity contribution in [3.8, 4) is 5.75 Å². The monoisotopic (exact) mass is 402 g/mol. The van der Waals surface area contributed by atoms with E-state index in [2.05, 4.69) is 15.5 Å². The van der Waals surface area contributed by atoms with Gasteiger partial charge in [-0.1, -0.05) is 30.9 Å². The highest BCUT2D eigenvalue weighted by atomic mass is 35.5. The van der Waals surface area contributed by atoms with Crippen molar-refractivity contribution in [2.24, 2.45) is 0 Å². The predicted molar refractivity (Wildman–Crippen MR) is 108 cm³/mol. The van der Waals surface area contributed by atoms with E-state index in [0.29, 0.717) is 24.9 Å². The first kappa shape index (κ1) is 19.2. The molecule has 28 heavy (non-hydrogen) atoms. The average Bonchev–Trinajstić information content (AvgIpc) is 3.46. The molecule has 1 aromatic carbocycles. The van der Waals surface area contributed by atoms with E-state index in [0.717, 1.165) is 35.0 Å². The predicted octanol–water partition coefficient (Wildman–Crippen LogP) is 4.05. The summed E-state index contributed by atoms with van der Waals surface area (Å²) in [7, 11) is 0. The maximum Gasteiger partial charge on any atom is 0.258 e. The summed E-state index contributed by atoms with van der Waals surface area (Å²) in [5, 5.41) is 11.8. The molecule has 1 heterocycles. The normalized spacial score (nSPS) is 17.5. The Morgan fingerprint density at radius 3 is 2.79 bits per heavy atom. The van der Waals surface area contributed by atoms with Crippen LogP contribution in [0.3, 0.4) is 0 Å². The molecule has 6 nitrogen and oxygen atoms in total. The summed E-state index contributed by atoms with van der Waals surface area (Å²) >= 11 is 6.21. The molecule has 150 valence electrons. The van der Waals surface area contributed by atoms with E-state index >= 15 is 0 Å². The first-order valence-corrected chi connectivity index (χ1v) is 10.6. The first-order chi connectivity index (χ1) is 13.7. The van der Waals surface area contributed by atoms with Crippen molar-refractivity contribution < 1.29 is 9.53 Å². The van der Waals surface area contributed by atoms with Gasteiger partial charge in [0.05, 0.1) is 0 Å². The van der Waals surface area contributed by atoms with Gasteiger partial charge in [0.1, 0.15) is 17.9 Å². The highest BCUT2D eigenvalue weighted by Crippen LogP contribution is 2.39. The van der Waals surface area contributed by atoms with Crippen molar-refractivity contribution >= 4 is 17.5 Å². The van der Waals surface area contributed by atoms with Crippen LogP contribution in [0.4, 0.5) is 0 Å². The fourth-order valence-corrected chi connectivity index (χ4v) is 4.17. The van der Waals surface area contributed by atoms with Gasteiger partial charge in [-0.25, -0.2) is 0 Å². The fraction of sp³-hybridized carbons (Fsp3) is 0.571. The van der Waals surface area contributed by atoms with E-state index in [1.54, 1.807) is 6.33 Å². The third-order valence-corrected chi connectivity index (χ3v) is 5.87. The second-order valence-corrected chi connectivity index (χ2v) is 8.25. The van der Waals surface area contributed by atoms with Gasteiger partial charge in [-0.2, -0.15) is 0 Å². The van der Waals surface area contributed by atoms with Crippen LogP contribution in [0.15, 0.2) is 24.5 Å². The van der Waals surface area contributed by atoms with Gasteiger partial charge in [0.25, 0.3) is 5.91 Å². The maximum absolute atomic E-state index is 12.2. The minimum atomic E-state index is -0.120. The number of hydrogen-bond donors (Lipinski definition) is 1. The Hall–Kier alpha value is -2.08. The quantitative estimate of drug-likeness (QED) is 0.723. The Kier molecular flexibility index (Phi) is 6.15. The van der Waals surface area contributed by atoms with Gasteiger partial charge in [-0.15, -0.1) is 10.2 Å². The highest BCUT2D eigenvalue weighted by Gasteiger charge is 2.28. The minimum absolute atomic E-state index is 0.0129. The van der Waals surface area contributed by atoms with E-state index in [9.17, 15) is 4.79 Å². The summed E-state index contributed by atoms with van der Waals surface area (Å²) in [6, 6.07) is 5.71. The van der Waals surface area contributed by atoms with Crippen LogP contribution in [-0.4, -0.2) is 33.8 Å². The molecule has 2 aliphatic rings. The molecule has 0 spiro atoms. The Morgan fingerprint density at radius 2 is 2.00 bits per heavy atom. The molecule has 7 heteroatoms. The van der Waals surface area contributed by atoms with Crippen LogP contribution in [-0.2, 0) is 11.3 Å². The SMILES string of the molecule is O=C(COc1ccc(Cl)cc1C1CCCCC1)NCCn1cnnc1C1CC1. The number of benzene rings is 1. The van der Waals surface area contributed by atoms with Crippen LogP contribution >= 0.6 is 11.6 Å². The number of nitrogens with one attached hydrogen (secondary N) is 1. The zero-order chi connectivity index (χ0) is 19.3. The number of hydrogen-bond acceptors (Lipinski definition) is 4. The topological polar surface area (TPSA) is 69.0 Å². The second-order valence-electron chi connectivity index (χ2n) is 7.81. The van der Waals surface area contributed by atoms with Crippen LogP contribution in [0.1, 0.15) is 68.2 Å². The Labute approximate surface area is 170 Å². The smallest absolute Gasteiger partial charge is 0.258 e. The van der Waals surface area contributed by atoms with Gasteiger partial charge in [0.2, 0.25) is 0 Å². The van der Waals surface area contributed by atoms with Crippen LogP contribution in [0.2, 0.25) is 5.02 Å². The number of amides is 1. The summed E-state index contributed by atoms with van der Waals surface area (Å²) < 4.78 is 7.89. The Bertz CT molecular complexity index is 812. The molecule has 1 N–H and O–H groups in total. The minimum Gasteiger partial charge on any atom is -0.483 e. The van der Waals surface area contributed by atoms with E-state index in [1.165, 1.54) is 32.1 Å². The van der Waals surface area contributed by atoms with Crippen molar-refractivity contribution in [3.05, 3.63) is 40.9 Å².